The molecule has 108 valence electrons. The Labute approximate surface area is 121 Å². The molecule has 0 unspecified atom stereocenters. The molecule has 7 nitrogen and oxygen atoms in total. The number of hydrogen-bond donors (Lipinski definition) is 3. The number of urea groups is 1. The lowest BCUT2D eigenvalue weighted by atomic mass is 10.3. The lowest BCUT2D eigenvalue weighted by Gasteiger charge is -2.07. The maximum absolute atomic E-state index is 11.7. The minimum atomic E-state index is -1.11. The van der Waals surface area contributed by atoms with Crippen LogP contribution in [0.2, 0.25) is 0 Å². The highest BCUT2D eigenvalue weighted by Gasteiger charge is 2.06. The summed E-state index contributed by atoms with van der Waals surface area (Å²) in [5.74, 6) is -1.11. The van der Waals surface area contributed by atoms with Crippen molar-refractivity contribution in [3.05, 3.63) is 53.6 Å². The number of nitrogens with zero attached hydrogens (tertiary/aromatic N) is 2. The van der Waals surface area contributed by atoms with Gasteiger partial charge in [-0.3, -0.25) is 4.98 Å². The van der Waals surface area contributed by atoms with E-state index in [0.717, 1.165) is 11.4 Å². The van der Waals surface area contributed by atoms with Crippen LogP contribution in [0.25, 0.3) is 0 Å². The number of nitrogens with one attached hydrogen (secondary N) is 2. The summed E-state index contributed by atoms with van der Waals surface area (Å²) in [5.41, 5.74) is 1.97. The Morgan fingerprint density at radius 1 is 1.24 bits per heavy atom. The lowest BCUT2D eigenvalue weighted by Crippen LogP contribution is -2.28. The molecule has 2 heterocycles. The SMILES string of the molecule is Cc1cccc(CNC(=O)Nc2ccc(C(=O)O)nc2)n1. The largest absolute Gasteiger partial charge is 0.477 e. The molecule has 0 aliphatic carbocycles. The zero-order chi connectivity index (χ0) is 15.2. The molecule has 2 amide bonds. The standard InChI is InChI=1S/C14H14N4O3/c1-9-3-2-4-10(17-9)8-16-14(21)18-11-5-6-12(13(19)20)15-7-11/h2-7H,8H2,1H3,(H,19,20)(H2,16,18,21). The van der Waals surface area contributed by atoms with Crippen LogP contribution < -0.4 is 10.6 Å². The number of amides is 2. The molecule has 0 spiro atoms. The highest BCUT2D eigenvalue weighted by atomic mass is 16.4. The smallest absolute Gasteiger partial charge is 0.354 e. The van der Waals surface area contributed by atoms with Crippen molar-refractivity contribution in [3.63, 3.8) is 0 Å². The van der Waals surface area contributed by atoms with Gasteiger partial charge in [0.25, 0.3) is 0 Å². The van der Waals surface area contributed by atoms with Crippen LogP contribution in [0, 0.1) is 6.92 Å². The normalized spacial score (nSPS) is 9.95. The zero-order valence-electron chi connectivity index (χ0n) is 11.3. The Hall–Kier alpha value is -2.96. The monoisotopic (exact) mass is 286 g/mol. The summed E-state index contributed by atoms with van der Waals surface area (Å²) in [5, 5.41) is 13.9. The Morgan fingerprint density at radius 3 is 2.67 bits per heavy atom. The molecule has 0 saturated heterocycles. The first kappa shape index (κ1) is 14.4. The molecule has 0 atom stereocenters. The lowest BCUT2D eigenvalue weighted by molar-refractivity contribution is 0.0690. The molecular formula is C14H14N4O3. The summed E-state index contributed by atoms with van der Waals surface area (Å²) in [6, 6.07) is 7.94. The van der Waals surface area contributed by atoms with Gasteiger partial charge in [-0.2, -0.15) is 0 Å². The second kappa shape index (κ2) is 6.47. The van der Waals surface area contributed by atoms with Gasteiger partial charge in [0.1, 0.15) is 5.69 Å². The highest BCUT2D eigenvalue weighted by Crippen LogP contribution is 2.06. The van der Waals surface area contributed by atoms with Crippen molar-refractivity contribution in [1.29, 1.82) is 0 Å². The van der Waals surface area contributed by atoms with Gasteiger partial charge in [-0.15, -0.1) is 0 Å². The zero-order valence-corrected chi connectivity index (χ0v) is 11.3. The Balaban J connectivity index is 1.88. The number of pyridine rings is 2. The van der Waals surface area contributed by atoms with E-state index in [2.05, 4.69) is 20.6 Å². The summed E-state index contributed by atoms with van der Waals surface area (Å²) >= 11 is 0. The fraction of sp³-hybridized carbons (Fsp3) is 0.143. The third-order valence-corrected chi connectivity index (χ3v) is 2.62. The maximum atomic E-state index is 11.7. The third kappa shape index (κ3) is 4.27. The molecular weight excluding hydrogens is 272 g/mol. The van der Waals surface area contributed by atoms with Gasteiger partial charge in [0, 0.05) is 5.69 Å². The first-order valence-corrected chi connectivity index (χ1v) is 6.21. The van der Waals surface area contributed by atoms with Crippen LogP contribution in [0.3, 0.4) is 0 Å². The molecule has 3 N–H and O–H groups in total. The number of aromatic carboxylic acids is 1. The summed E-state index contributed by atoms with van der Waals surface area (Å²) < 4.78 is 0. The average Bonchev–Trinajstić information content (AvgIpc) is 2.46. The number of aryl methyl sites for hydroxylation is 1. The number of carbonyl (C=O) groups is 2. The van der Waals surface area contributed by atoms with Crippen molar-refractivity contribution >= 4 is 17.7 Å². The van der Waals surface area contributed by atoms with Crippen molar-refractivity contribution in [1.82, 2.24) is 15.3 Å². The summed E-state index contributed by atoms with van der Waals surface area (Å²) in [7, 11) is 0. The minimum absolute atomic E-state index is 0.0788. The molecule has 0 radical (unpaired) electrons. The quantitative estimate of drug-likeness (QED) is 0.795. The van der Waals surface area contributed by atoms with Gasteiger partial charge in [0.2, 0.25) is 0 Å². The minimum Gasteiger partial charge on any atom is -0.477 e. The molecule has 0 aliphatic heterocycles. The third-order valence-electron chi connectivity index (χ3n) is 2.62. The number of aromatic nitrogens is 2. The molecule has 2 aromatic heterocycles. The number of anilines is 1. The second-order valence-electron chi connectivity index (χ2n) is 4.32. The van der Waals surface area contributed by atoms with E-state index in [-0.39, 0.29) is 5.69 Å². The molecule has 0 bridgehead atoms. The molecule has 0 aromatic carbocycles. The van der Waals surface area contributed by atoms with Gasteiger partial charge < -0.3 is 15.7 Å². The summed E-state index contributed by atoms with van der Waals surface area (Å²) in [6.07, 6.45) is 1.29. The van der Waals surface area contributed by atoms with E-state index in [0.29, 0.717) is 12.2 Å². The number of rotatable bonds is 4. The fourth-order valence-corrected chi connectivity index (χ4v) is 1.64. The van der Waals surface area contributed by atoms with Gasteiger partial charge in [-0.1, -0.05) is 6.07 Å². The number of hydrogen-bond acceptors (Lipinski definition) is 4. The number of carbonyl (C=O) groups excluding carboxylic acids is 1. The molecule has 2 aromatic rings. The van der Waals surface area contributed by atoms with E-state index in [9.17, 15) is 9.59 Å². The van der Waals surface area contributed by atoms with Crippen LogP contribution in [0.5, 0.6) is 0 Å². The molecule has 2 rings (SSSR count). The van der Waals surface area contributed by atoms with Crippen LogP contribution >= 0.6 is 0 Å². The van der Waals surface area contributed by atoms with Crippen LogP contribution in [0.15, 0.2) is 36.5 Å². The first-order chi connectivity index (χ1) is 10.0. The second-order valence-corrected chi connectivity index (χ2v) is 4.32. The van der Waals surface area contributed by atoms with Crippen molar-refractivity contribution in [2.75, 3.05) is 5.32 Å². The van der Waals surface area contributed by atoms with Gasteiger partial charge in [0.05, 0.1) is 24.1 Å². The Morgan fingerprint density at radius 2 is 2.05 bits per heavy atom. The van der Waals surface area contributed by atoms with Crippen LogP contribution in [0.1, 0.15) is 21.9 Å². The highest BCUT2D eigenvalue weighted by molar-refractivity contribution is 5.90. The summed E-state index contributed by atoms with van der Waals surface area (Å²) in [6.45, 7) is 2.17. The topological polar surface area (TPSA) is 104 Å². The summed E-state index contributed by atoms with van der Waals surface area (Å²) in [4.78, 5) is 30.3. The molecule has 7 heteroatoms. The van der Waals surface area contributed by atoms with E-state index >= 15 is 0 Å². The maximum Gasteiger partial charge on any atom is 0.354 e. The van der Waals surface area contributed by atoms with Crippen LogP contribution in [-0.4, -0.2) is 27.1 Å². The Kier molecular flexibility index (Phi) is 4.45. The predicted molar refractivity (Wildman–Crippen MR) is 76.0 cm³/mol. The molecule has 0 aliphatic rings. The van der Waals surface area contributed by atoms with E-state index in [1.165, 1.54) is 18.3 Å². The van der Waals surface area contributed by atoms with Crippen LogP contribution in [-0.2, 0) is 6.54 Å². The van der Waals surface area contributed by atoms with E-state index in [1.807, 2.05) is 25.1 Å². The Bertz CT molecular complexity index is 656. The molecule has 0 fully saturated rings. The number of carboxylic acid groups (broad SMARTS) is 1. The molecule has 0 saturated carbocycles. The number of carboxylic acids is 1. The first-order valence-electron chi connectivity index (χ1n) is 6.21. The van der Waals surface area contributed by atoms with Gasteiger partial charge in [-0.25, -0.2) is 14.6 Å². The van der Waals surface area contributed by atoms with Crippen molar-refractivity contribution < 1.29 is 14.7 Å². The fourth-order valence-electron chi connectivity index (χ4n) is 1.64. The predicted octanol–water partition coefficient (Wildman–Crippen LogP) is 1.80. The van der Waals surface area contributed by atoms with Crippen LogP contribution in [0.4, 0.5) is 10.5 Å². The van der Waals surface area contributed by atoms with Gasteiger partial charge >= 0.3 is 12.0 Å². The van der Waals surface area contributed by atoms with Crippen molar-refractivity contribution in [2.45, 2.75) is 13.5 Å². The average molecular weight is 286 g/mol. The van der Waals surface area contributed by atoms with Gasteiger partial charge in [0.15, 0.2) is 0 Å². The van der Waals surface area contributed by atoms with E-state index in [1.54, 1.807) is 0 Å². The van der Waals surface area contributed by atoms with E-state index < -0.39 is 12.0 Å². The van der Waals surface area contributed by atoms with Crippen molar-refractivity contribution in [3.8, 4) is 0 Å². The van der Waals surface area contributed by atoms with E-state index in [4.69, 9.17) is 5.11 Å². The van der Waals surface area contributed by atoms with Gasteiger partial charge in [-0.05, 0) is 31.2 Å². The van der Waals surface area contributed by atoms with Crippen molar-refractivity contribution in [2.24, 2.45) is 0 Å². The molecule has 21 heavy (non-hydrogen) atoms.